The molecule has 2 rings (SSSR count). The summed E-state index contributed by atoms with van der Waals surface area (Å²) in [7, 11) is 2.19. The van der Waals surface area contributed by atoms with Crippen LogP contribution in [0.1, 0.15) is 11.3 Å². The maximum absolute atomic E-state index is 5.32. The highest BCUT2D eigenvalue weighted by molar-refractivity contribution is 7.15. The van der Waals surface area contributed by atoms with Crippen LogP contribution in [0.3, 0.4) is 0 Å². The van der Waals surface area contributed by atoms with Gasteiger partial charge in [-0.15, -0.1) is 0 Å². The van der Waals surface area contributed by atoms with Crippen molar-refractivity contribution in [3.8, 4) is 0 Å². The first kappa shape index (κ1) is 11.8. The zero-order valence-electron chi connectivity index (χ0n) is 9.65. The van der Waals surface area contributed by atoms with Crippen molar-refractivity contribution in [3.05, 3.63) is 11.1 Å². The highest BCUT2D eigenvalue weighted by Gasteiger charge is 2.13. The third-order valence-electron chi connectivity index (χ3n) is 2.87. The number of aromatic nitrogens is 1. The lowest BCUT2D eigenvalue weighted by atomic mass is 10.4. The fraction of sp³-hybridized carbons (Fsp3) is 0.700. The van der Waals surface area contributed by atoms with Gasteiger partial charge in [-0.1, -0.05) is 11.3 Å². The molecule has 1 fully saturated rings. The maximum atomic E-state index is 5.32. The number of thiazole rings is 1. The minimum Gasteiger partial charge on any atom is -0.305 e. The normalized spacial score (nSPS) is 19.6. The number of nitrogen functional groups attached to an aromatic ring is 1. The Balaban J connectivity index is 1.88. The molecule has 1 aliphatic heterocycles. The van der Waals surface area contributed by atoms with Crippen molar-refractivity contribution in [3.63, 3.8) is 0 Å². The summed E-state index contributed by atoms with van der Waals surface area (Å²) in [6, 6.07) is 0. The summed E-state index contributed by atoms with van der Waals surface area (Å²) < 4.78 is 0. The molecule has 0 aromatic carbocycles. The van der Waals surface area contributed by atoms with Crippen LogP contribution in [0.4, 0.5) is 5.13 Å². The summed E-state index contributed by atoms with van der Waals surface area (Å²) in [5, 5.41) is 0.793. The number of rotatable bonds is 3. The van der Waals surface area contributed by atoms with Gasteiger partial charge in [0.1, 0.15) is 0 Å². The first-order valence-electron chi connectivity index (χ1n) is 5.60. The van der Waals surface area contributed by atoms with E-state index in [2.05, 4.69) is 27.3 Å². The van der Waals surface area contributed by atoms with Gasteiger partial charge in [0.25, 0.3) is 0 Å². The Labute approximate surface area is 100 Å². The molecule has 0 atom stereocenters. The molecule has 2 heterocycles. The van der Waals surface area contributed by atoms with E-state index in [0.29, 0.717) is 0 Å². The molecule has 1 aliphatic rings. The van der Waals surface area contributed by atoms with Crippen LogP contribution in [0, 0.1) is 0 Å². The topological polar surface area (TPSA) is 57.4 Å². The van der Waals surface area contributed by atoms with E-state index in [1.807, 2.05) is 6.20 Å². The Morgan fingerprint density at radius 2 is 2.31 bits per heavy atom. The molecule has 1 saturated heterocycles. The van der Waals surface area contributed by atoms with Crippen LogP contribution in [-0.4, -0.2) is 48.0 Å². The molecule has 90 valence electrons. The fourth-order valence-corrected chi connectivity index (χ4v) is 2.69. The standard InChI is InChI=1S/C10H19N5S/c1-14-3-2-4-15(6-5-14)8-9-7-12-10(13-11)16-9/h7H,2-6,8,11H2,1H3,(H,12,13). The lowest BCUT2D eigenvalue weighted by molar-refractivity contribution is 0.271. The predicted octanol–water partition coefficient (Wildman–Crippen LogP) is 0.566. The SMILES string of the molecule is CN1CCCN(Cc2cnc(NN)s2)CC1. The van der Waals surface area contributed by atoms with Gasteiger partial charge in [0.15, 0.2) is 5.13 Å². The van der Waals surface area contributed by atoms with Gasteiger partial charge in [-0.2, -0.15) is 0 Å². The summed E-state index contributed by atoms with van der Waals surface area (Å²) in [6.45, 7) is 5.66. The number of anilines is 1. The van der Waals surface area contributed by atoms with Crippen LogP contribution in [0.25, 0.3) is 0 Å². The summed E-state index contributed by atoms with van der Waals surface area (Å²) in [5.41, 5.74) is 2.58. The molecule has 1 aromatic rings. The third-order valence-corrected chi connectivity index (χ3v) is 3.78. The van der Waals surface area contributed by atoms with Crippen LogP contribution in [0.5, 0.6) is 0 Å². The molecule has 0 bridgehead atoms. The van der Waals surface area contributed by atoms with Crippen molar-refractivity contribution >= 4 is 16.5 Å². The van der Waals surface area contributed by atoms with Gasteiger partial charge in [-0.3, -0.25) is 10.3 Å². The molecule has 3 N–H and O–H groups in total. The van der Waals surface area contributed by atoms with Crippen LogP contribution >= 0.6 is 11.3 Å². The lowest BCUT2D eigenvalue weighted by Gasteiger charge is -2.18. The van der Waals surface area contributed by atoms with Gasteiger partial charge in [-0.05, 0) is 26.6 Å². The summed E-state index contributed by atoms with van der Waals surface area (Å²) in [5.74, 6) is 5.32. The van der Waals surface area contributed by atoms with E-state index < -0.39 is 0 Å². The maximum Gasteiger partial charge on any atom is 0.197 e. The second-order valence-electron chi connectivity index (χ2n) is 4.21. The molecule has 6 heteroatoms. The van der Waals surface area contributed by atoms with E-state index in [1.54, 1.807) is 11.3 Å². The Bertz CT molecular complexity index is 327. The Hall–Kier alpha value is -0.690. The molecule has 0 spiro atoms. The van der Waals surface area contributed by atoms with Crippen LogP contribution < -0.4 is 11.3 Å². The summed E-state index contributed by atoms with van der Waals surface area (Å²) >= 11 is 1.63. The lowest BCUT2D eigenvalue weighted by Crippen LogP contribution is -2.28. The number of hydrogen-bond donors (Lipinski definition) is 2. The minimum absolute atomic E-state index is 0.793. The Morgan fingerprint density at radius 3 is 3.06 bits per heavy atom. The van der Waals surface area contributed by atoms with Crippen LogP contribution in [-0.2, 0) is 6.54 Å². The Kier molecular flexibility index (Phi) is 4.11. The molecule has 0 radical (unpaired) electrons. The molecule has 0 aliphatic carbocycles. The van der Waals surface area contributed by atoms with E-state index in [4.69, 9.17) is 5.84 Å². The highest BCUT2D eigenvalue weighted by Crippen LogP contribution is 2.19. The average molecular weight is 241 g/mol. The number of nitrogens with two attached hydrogens (primary N) is 1. The van der Waals surface area contributed by atoms with E-state index in [9.17, 15) is 0 Å². The van der Waals surface area contributed by atoms with Crippen molar-refractivity contribution in [1.82, 2.24) is 14.8 Å². The molecule has 1 aromatic heterocycles. The van der Waals surface area contributed by atoms with Crippen LogP contribution in [0.2, 0.25) is 0 Å². The van der Waals surface area contributed by atoms with Gasteiger partial charge in [0, 0.05) is 30.7 Å². The monoisotopic (exact) mass is 241 g/mol. The largest absolute Gasteiger partial charge is 0.305 e. The van der Waals surface area contributed by atoms with E-state index >= 15 is 0 Å². The van der Waals surface area contributed by atoms with Crippen molar-refractivity contribution in [2.75, 3.05) is 38.7 Å². The number of nitrogens with zero attached hydrogens (tertiary/aromatic N) is 3. The zero-order chi connectivity index (χ0) is 11.4. The molecule has 0 unspecified atom stereocenters. The summed E-state index contributed by atoms with van der Waals surface area (Å²) in [4.78, 5) is 10.3. The summed E-state index contributed by atoms with van der Waals surface area (Å²) in [6.07, 6.45) is 3.16. The first-order valence-corrected chi connectivity index (χ1v) is 6.42. The second kappa shape index (κ2) is 5.58. The van der Waals surface area contributed by atoms with Gasteiger partial charge in [0.05, 0.1) is 0 Å². The number of hydrogen-bond acceptors (Lipinski definition) is 6. The first-order chi connectivity index (χ1) is 7.78. The van der Waals surface area contributed by atoms with Gasteiger partial charge < -0.3 is 4.90 Å². The molecule has 0 saturated carbocycles. The molecule has 16 heavy (non-hydrogen) atoms. The highest BCUT2D eigenvalue weighted by atomic mass is 32.1. The van der Waals surface area contributed by atoms with Crippen molar-refractivity contribution in [2.24, 2.45) is 5.84 Å². The Morgan fingerprint density at radius 1 is 1.44 bits per heavy atom. The van der Waals surface area contributed by atoms with E-state index in [1.165, 1.54) is 24.4 Å². The van der Waals surface area contributed by atoms with Gasteiger partial charge >= 0.3 is 0 Å². The quantitative estimate of drug-likeness (QED) is 0.598. The van der Waals surface area contributed by atoms with E-state index in [0.717, 1.165) is 24.8 Å². The van der Waals surface area contributed by atoms with Gasteiger partial charge in [-0.25, -0.2) is 10.8 Å². The van der Waals surface area contributed by atoms with Crippen molar-refractivity contribution in [1.29, 1.82) is 0 Å². The fourth-order valence-electron chi connectivity index (χ4n) is 1.93. The van der Waals surface area contributed by atoms with Crippen LogP contribution in [0.15, 0.2) is 6.20 Å². The number of nitrogens with one attached hydrogen (secondary N) is 1. The molecular formula is C10H19N5S. The molecular weight excluding hydrogens is 222 g/mol. The van der Waals surface area contributed by atoms with Crippen molar-refractivity contribution in [2.45, 2.75) is 13.0 Å². The van der Waals surface area contributed by atoms with E-state index in [-0.39, 0.29) is 0 Å². The predicted molar refractivity (Wildman–Crippen MR) is 67.3 cm³/mol. The smallest absolute Gasteiger partial charge is 0.197 e. The number of likely N-dealkylation sites (N-methyl/N-ethyl adjacent to an activating group) is 1. The third kappa shape index (κ3) is 3.15. The number of hydrazine groups is 1. The van der Waals surface area contributed by atoms with Gasteiger partial charge in [0.2, 0.25) is 0 Å². The average Bonchev–Trinajstić information content (AvgIpc) is 2.63. The second-order valence-corrected chi connectivity index (χ2v) is 5.32. The molecule has 5 nitrogen and oxygen atoms in total. The zero-order valence-corrected chi connectivity index (χ0v) is 10.5. The van der Waals surface area contributed by atoms with Crippen molar-refractivity contribution < 1.29 is 0 Å². The molecule has 0 amide bonds. The minimum atomic E-state index is 0.793.